The first-order valence-corrected chi connectivity index (χ1v) is 7.60. The number of aromatic amines is 1. The van der Waals surface area contributed by atoms with E-state index >= 15 is 0 Å². The highest BCUT2D eigenvalue weighted by Gasteiger charge is 2.12. The topological polar surface area (TPSA) is 54.9 Å². The molecule has 0 aliphatic carbocycles. The lowest BCUT2D eigenvalue weighted by Crippen LogP contribution is -2.19. The Morgan fingerprint density at radius 1 is 1.30 bits per heavy atom. The van der Waals surface area contributed by atoms with E-state index in [-0.39, 0.29) is 5.56 Å². The molecular formula is C18H15ClN2O2. The average molecular weight is 327 g/mol. The number of nitrogens with zero attached hydrogens (tertiary/aromatic N) is 1. The first kappa shape index (κ1) is 15.3. The number of halogens is 1. The molecule has 2 heterocycles. The lowest BCUT2D eigenvalue weighted by Gasteiger charge is -2.10. The third-order valence-corrected chi connectivity index (χ3v) is 4.10. The number of aromatic nitrogens is 2. The summed E-state index contributed by atoms with van der Waals surface area (Å²) in [5.41, 5.74) is 2.69. The van der Waals surface area contributed by atoms with E-state index in [0.29, 0.717) is 22.6 Å². The Kier molecular flexibility index (Phi) is 4.17. The van der Waals surface area contributed by atoms with Gasteiger partial charge in [0.1, 0.15) is 5.52 Å². The molecule has 0 spiro atoms. The second-order valence-corrected chi connectivity index (χ2v) is 5.60. The van der Waals surface area contributed by atoms with E-state index in [2.05, 4.69) is 4.98 Å². The highest BCUT2D eigenvalue weighted by Crippen LogP contribution is 2.29. The van der Waals surface area contributed by atoms with E-state index in [0.717, 1.165) is 22.8 Å². The molecule has 0 saturated heterocycles. The summed E-state index contributed by atoms with van der Waals surface area (Å²) in [7, 11) is 0. The van der Waals surface area contributed by atoms with Crippen LogP contribution in [0, 0.1) is 0 Å². The van der Waals surface area contributed by atoms with Crippen molar-refractivity contribution in [3.8, 4) is 11.1 Å². The van der Waals surface area contributed by atoms with Crippen LogP contribution in [0.4, 0.5) is 0 Å². The van der Waals surface area contributed by atoms with Crippen LogP contribution in [0.2, 0.25) is 5.02 Å². The monoisotopic (exact) mass is 326 g/mol. The zero-order valence-electron chi connectivity index (χ0n) is 12.5. The van der Waals surface area contributed by atoms with Crippen molar-refractivity contribution in [2.45, 2.75) is 13.5 Å². The number of allylic oxidation sites excluding steroid dienone is 2. The summed E-state index contributed by atoms with van der Waals surface area (Å²) < 4.78 is 1.65. The van der Waals surface area contributed by atoms with Gasteiger partial charge < -0.3 is 9.55 Å². The van der Waals surface area contributed by atoms with Crippen LogP contribution in [-0.4, -0.2) is 15.8 Å². The molecule has 0 bridgehead atoms. The van der Waals surface area contributed by atoms with Crippen molar-refractivity contribution in [2.75, 3.05) is 0 Å². The van der Waals surface area contributed by atoms with Crippen molar-refractivity contribution in [1.82, 2.24) is 9.55 Å². The van der Waals surface area contributed by atoms with Crippen molar-refractivity contribution in [3.63, 3.8) is 0 Å². The van der Waals surface area contributed by atoms with Gasteiger partial charge in [0, 0.05) is 35.5 Å². The maximum absolute atomic E-state index is 12.5. The molecule has 1 aromatic carbocycles. The predicted octanol–water partition coefficient (Wildman–Crippen LogP) is 4.04. The second kappa shape index (κ2) is 6.26. The van der Waals surface area contributed by atoms with Gasteiger partial charge in [-0.3, -0.25) is 9.59 Å². The average Bonchev–Trinajstić information content (AvgIpc) is 3.04. The van der Waals surface area contributed by atoms with Gasteiger partial charge in [-0.15, -0.1) is 0 Å². The first-order chi connectivity index (χ1) is 11.2. The molecule has 116 valence electrons. The van der Waals surface area contributed by atoms with E-state index in [1.807, 2.05) is 37.4 Å². The molecule has 5 heteroatoms. The highest BCUT2D eigenvalue weighted by atomic mass is 35.5. The van der Waals surface area contributed by atoms with E-state index in [1.54, 1.807) is 22.9 Å². The van der Waals surface area contributed by atoms with Crippen molar-refractivity contribution in [1.29, 1.82) is 0 Å². The largest absolute Gasteiger partial charge is 0.357 e. The Bertz CT molecular complexity index is 967. The molecule has 0 atom stereocenters. The third kappa shape index (κ3) is 2.73. The predicted molar refractivity (Wildman–Crippen MR) is 93.2 cm³/mol. The Balaban J connectivity index is 2.26. The van der Waals surface area contributed by atoms with Crippen LogP contribution in [0.3, 0.4) is 0 Å². The molecule has 0 aliphatic rings. The summed E-state index contributed by atoms with van der Waals surface area (Å²) in [5, 5.41) is 1.23. The molecule has 0 fully saturated rings. The minimum absolute atomic E-state index is 0.0672. The van der Waals surface area contributed by atoms with Gasteiger partial charge in [-0.1, -0.05) is 29.8 Å². The van der Waals surface area contributed by atoms with Crippen molar-refractivity contribution in [3.05, 3.63) is 69.8 Å². The minimum atomic E-state index is -0.0672. The quantitative estimate of drug-likeness (QED) is 0.581. The van der Waals surface area contributed by atoms with Crippen LogP contribution in [0.25, 0.3) is 22.0 Å². The van der Waals surface area contributed by atoms with Crippen LogP contribution >= 0.6 is 11.6 Å². The van der Waals surface area contributed by atoms with Gasteiger partial charge in [0.05, 0.1) is 5.02 Å². The number of hydrogen-bond donors (Lipinski definition) is 1. The van der Waals surface area contributed by atoms with Gasteiger partial charge in [0.15, 0.2) is 6.29 Å². The van der Waals surface area contributed by atoms with Crippen molar-refractivity contribution >= 4 is 28.8 Å². The fourth-order valence-corrected chi connectivity index (χ4v) is 2.80. The van der Waals surface area contributed by atoms with Crippen LogP contribution in [0.5, 0.6) is 0 Å². The number of pyridine rings is 1. The number of carbonyl (C=O) groups is 1. The number of nitrogens with one attached hydrogen (secondary N) is 1. The zero-order chi connectivity index (χ0) is 16.4. The van der Waals surface area contributed by atoms with Crippen LogP contribution in [0.1, 0.15) is 17.3 Å². The molecular weight excluding hydrogens is 312 g/mol. The summed E-state index contributed by atoms with van der Waals surface area (Å²) in [5.74, 6) is 0. The highest BCUT2D eigenvalue weighted by molar-refractivity contribution is 6.33. The third-order valence-electron chi connectivity index (χ3n) is 3.77. The number of aldehydes is 1. The van der Waals surface area contributed by atoms with E-state index < -0.39 is 0 Å². The number of hydrogen-bond acceptors (Lipinski definition) is 2. The summed E-state index contributed by atoms with van der Waals surface area (Å²) in [6, 6.07) is 7.14. The fourth-order valence-electron chi connectivity index (χ4n) is 2.57. The Morgan fingerprint density at radius 3 is 2.83 bits per heavy atom. The van der Waals surface area contributed by atoms with Crippen LogP contribution < -0.4 is 5.56 Å². The smallest absolute Gasteiger partial charge is 0.275 e. The van der Waals surface area contributed by atoms with Gasteiger partial charge >= 0.3 is 0 Å². The van der Waals surface area contributed by atoms with Gasteiger partial charge in [-0.25, -0.2) is 0 Å². The number of rotatable bonds is 4. The SMILES string of the molecule is C/C=C/Cn1cc(-c2ccc(C=O)c(Cl)c2)c2cc[nH]c2c1=O. The molecule has 0 radical (unpaired) electrons. The molecule has 0 saturated carbocycles. The zero-order valence-corrected chi connectivity index (χ0v) is 13.3. The van der Waals surface area contributed by atoms with Gasteiger partial charge in [0.2, 0.25) is 0 Å². The Morgan fingerprint density at radius 2 is 2.13 bits per heavy atom. The lowest BCUT2D eigenvalue weighted by atomic mass is 10.0. The maximum atomic E-state index is 12.5. The fraction of sp³-hybridized carbons (Fsp3) is 0.111. The van der Waals surface area contributed by atoms with E-state index in [4.69, 9.17) is 11.6 Å². The molecule has 0 aliphatic heterocycles. The van der Waals surface area contributed by atoms with Crippen molar-refractivity contribution < 1.29 is 4.79 Å². The Labute approximate surface area is 138 Å². The summed E-state index contributed by atoms with van der Waals surface area (Å²) in [6.07, 6.45) is 8.12. The molecule has 3 rings (SSSR count). The molecule has 3 aromatic rings. The second-order valence-electron chi connectivity index (χ2n) is 5.19. The summed E-state index contributed by atoms with van der Waals surface area (Å²) in [4.78, 5) is 26.4. The lowest BCUT2D eigenvalue weighted by molar-refractivity contribution is 0.112. The van der Waals surface area contributed by atoms with Gasteiger partial charge in [0.25, 0.3) is 5.56 Å². The standard InChI is InChI=1S/C18H15ClN2O2/c1-2-3-8-21-10-15(14-6-7-20-17(14)18(21)23)12-4-5-13(11-22)16(19)9-12/h2-7,9-11,20H,8H2,1H3/b3-2+. The van der Waals surface area contributed by atoms with Crippen molar-refractivity contribution in [2.24, 2.45) is 0 Å². The van der Waals surface area contributed by atoms with Crippen LogP contribution in [-0.2, 0) is 6.54 Å². The summed E-state index contributed by atoms with van der Waals surface area (Å²) in [6.45, 7) is 2.41. The number of fused-ring (bicyclic) bond motifs is 1. The number of carbonyl (C=O) groups excluding carboxylic acids is 1. The summed E-state index contributed by atoms with van der Waals surface area (Å²) >= 11 is 6.14. The van der Waals surface area contributed by atoms with E-state index in [9.17, 15) is 9.59 Å². The van der Waals surface area contributed by atoms with Gasteiger partial charge in [-0.05, 0) is 30.7 Å². The molecule has 0 amide bonds. The molecule has 23 heavy (non-hydrogen) atoms. The number of benzene rings is 1. The van der Waals surface area contributed by atoms with E-state index in [1.165, 1.54) is 0 Å². The van der Waals surface area contributed by atoms with Crippen LogP contribution in [0.15, 0.2) is 53.6 Å². The number of H-pyrrole nitrogens is 1. The van der Waals surface area contributed by atoms with Gasteiger partial charge in [-0.2, -0.15) is 0 Å². The normalized spacial score (nSPS) is 11.4. The minimum Gasteiger partial charge on any atom is -0.357 e. The molecule has 2 aromatic heterocycles. The first-order valence-electron chi connectivity index (χ1n) is 7.22. The molecule has 4 nitrogen and oxygen atoms in total. The molecule has 0 unspecified atom stereocenters. The Hall–Kier alpha value is -2.59. The molecule has 1 N–H and O–H groups in total. The maximum Gasteiger partial charge on any atom is 0.275 e.